The highest BCUT2D eigenvalue weighted by molar-refractivity contribution is 14.1. The first-order valence-corrected chi connectivity index (χ1v) is 3.67. The molecule has 1 N–H and O–H groups in total. The lowest BCUT2D eigenvalue weighted by molar-refractivity contribution is 0.263. The summed E-state index contributed by atoms with van der Waals surface area (Å²) in [6.45, 7) is 0. The second-order valence-electron chi connectivity index (χ2n) is 0.612. The van der Waals surface area contributed by atoms with Crippen molar-refractivity contribution in [2.45, 2.75) is 0 Å². The monoisotopic (exact) mass is 324 g/mol. The zero-order valence-corrected chi connectivity index (χ0v) is 7.50. The fourth-order valence-corrected chi connectivity index (χ4v) is 0.354. The summed E-state index contributed by atoms with van der Waals surface area (Å²) < 4.78 is 1.31. The molecule has 0 aliphatic rings. The van der Waals surface area contributed by atoms with Crippen molar-refractivity contribution in [3.63, 3.8) is 0 Å². The van der Waals surface area contributed by atoms with Gasteiger partial charge in [-0.1, -0.05) is 0 Å². The van der Waals surface area contributed by atoms with Crippen LogP contribution in [0.3, 0.4) is 0 Å². The Hall–Kier alpha value is 0.600. The molecule has 5 heteroatoms. The van der Waals surface area contributed by atoms with Gasteiger partial charge in [-0.05, 0) is 22.6 Å². The molecule has 0 fully saturated rings. The van der Waals surface area contributed by atoms with Crippen molar-refractivity contribution < 1.29 is 4.79 Å². The third-order valence-corrected chi connectivity index (χ3v) is 0.721. The maximum Gasteiger partial charge on any atom is 0.300 e. The number of nitrogens with one attached hydrogen (secondary N) is 1. The van der Waals surface area contributed by atoms with Gasteiger partial charge in [-0.15, -0.1) is 0 Å². The SMILES string of the molecule is O=C(I)N/N=C\I. The molecule has 0 saturated carbocycles. The fourth-order valence-electron chi connectivity index (χ4n) is 0.0751. The van der Waals surface area contributed by atoms with Crippen molar-refractivity contribution in [3.05, 3.63) is 0 Å². The van der Waals surface area contributed by atoms with E-state index in [0.29, 0.717) is 0 Å². The molecule has 0 rings (SSSR count). The zero-order chi connectivity index (χ0) is 5.70. The molecule has 0 radical (unpaired) electrons. The minimum absolute atomic E-state index is 0.175. The zero-order valence-electron chi connectivity index (χ0n) is 3.19. The van der Waals surface area contributed by atoms with E-state index >= 15 is 0 Å². The van der Waals surface area contributed by atoms with Gasteiger partial charge in [0.05, 0.1) is 4.22 Å². The molecule has 0 spiro atoms. The summed E-state index contributed by atoms with van der Waals surface area (Å²) >= 11 is 3.51. The van der Waals surface area contributed by atoms with Crippen molar-refractivity contribution in [3.8, 4) is 0 Å². The van der Waals surface area contributed by atoms with Crippen molar-refractivity contribution in [2.75, 3.05) is 0 Å². The van der Waals surface area contributed by atoms with Crippen LogP contribution < -0.4 is 5.43 Å². The predicted molar refractivity (Wildman–Crippen MR) is 45.1 cm³/mol. The normalized spacial score (nSPS) is 9.43. The van der Waals surface area contributed by atoms with Gasteiger partial charge in [-0.2, -0.15) is 5.10 Å². The van der Waals surface area contributed by atoms with E-state index in [2.05, 4.69) is 10.5 Å². The van der Waals surface area contributed by atoms with E-state index in [4.69, 9.17) is 0 Å². The van der Waals surface area contributed by atoms with Gasteiger partial charge in [0.15, 0.2) is 0 Å². The number of hydrogen-bond donors (Lipinski definition) is 1. The lowest BCUT2D eigenvalue weighted by Gasteiger charge is -1.82. The van der Waals surface area contributed by atoms with Crippen LogP contribution in [0.1, 0.15) is 0 Å². The van der Waals surface area contributed by atoms with Gasteiger partial charge < -0.3 is 0 Å². The maximum atomic E-state index is 9.96. The number of halogens is 2. The summed E-state index contributed by atoms with van der Waals surface area (Å²) in [5.74, 6) is 0. The molecule has 0 aliphatic carbocycles. The Bertz CT molecular complexity index is 91.7. The Morgan fingerprint density at radius 2 is 2.43 bits per heavy atom. The quantitative estimate of drug-likeness (QED) is 0.257. The Kier molecular flexibility index (Phi) is 5.16. The second kappa shape index (κ2) is 4.75. The van der Waals surface area contributed by atoms with E-state index in [1.54, 1.807) is 22.6 Å². The largest absolute Gasteiger partial charge is 0.300 e. The summed E-state index contributed by atoms with van der Waals surface area (Å²) in [6.07, 6.45) is 0. The van der Waals surface area contributed by atoms with Crippen molar-refractivity contribution in [1.29, 1.82) is 0 Å². The summed E-state index contributed by atoms with van der Waals surface area (Å²) in [4.78, 5) is 9.96. The highest BCUT2D eigenvalue weighted by Crippen LogP contribution is 1.81. The highest BCUT2D eigenvalue weighted by Gasteiger charge is 1.81. The highest BCUT2D eigenvalue weighted by atomic mass is 127. The second-order valence-corrected chi connectivity index (χ2v) is 2.15. The molecule has 0 aromatic carbocycles. The van der Waals surface area contributed by atoms with Gasteiger partial charge in [0, 0.05) is 22.6 Å². The molecule has 0 heterocycles. The first-order valence-electron chi connectivity index (χ1n) is 1.34. The first-order chi connectivity index (χ1) is 3.27. The van der Waals surface area contributed by atoms with Gasteiger partial charge in [-0.25, -0.2) is 5.43 Å². The van der Waals surface area contributed by atoms with Gasteiger partial charge in [0.2, 0.25) is 0 Å². The van der Waals surface area contributed by atoms with Crippen LogP contribution in [-0.4, -0.2) is 8.14 Å². The lowest BCUT2D eigenvalue weighted by atomic mass is 11.4. The molecule has 7 heavy (non-hydrogen) atoms. The van der Waals surface area contributed by atoms with E-state index < -0.39 is 0 Å². The predicted octanol–water partition coefficient (Wildman–Crippen LogP) is 1.51. The molecule has 0 atom stereocenters. The van der Waals surface area contributed by atoms with Crippen molar-refractivity contribution in [2.24, 2.45) is 5.10 Å². The molecule has 0 aromatic rings. The van der Waals surface area contributed by atoms with E-state index in [0.717, 1.165) is 0 Å². The molecule has 3 nitrogen and oxygen atoms in total. The molecule has 0 aliphatic heterocycles. The van der Waals surface area contributed by atoms with Crippen LogP contribution in [0.5, 0.6) is 0 Å². The van der Waals surface area contributed by atoms with Crippen LogP contribution in [0.4, 0.5) is 4.79 Å². The Morgan fingerprint density at radius 1 is 1.86 bits per heavy atom. The minimum Gasteiger partial charge on any atom is -0.261 e. The molecule has 0 aromatic heterocycles. The number of hydrogen-bond acceptors (Lipinski definition) is 2. The Morgan fingerprint density at radius 3 is 2.57 bits per heavy atom. The van der Waals surface area contributed by atoms with E-state index in [9.17, 15) is 4.79 Å². The van der Waals surface area contributed by atoms with Gasteiger partial charge in [-0.3, -0.25) is 4.79 Å². The van der Waals surface area contributed by atoms with Crippen LogP contribution >= 0.6 is 45.2 Å². The third kappa shape index (κ3) is 6.60. The number of rotatable bonds is 1. The standard InChI is InChI=1S/C2H2I2N2O/c3-1-5-6-2(4)7/h1H,(H,6,7)/b5-1-. The van der Waals surface area contributed by atoms with Crippen LogP contribution in [-0.2, 0) is 0 Å². The smallest absolute Gasteiger partial charge is 0.261 e. The van der Waals surface area contributed by atoms with Crippen molar-refractivity contribution in [1.82, 2.24) is 5.43 Å². The molecule has 0 unspecified atom stereocenters. The molecule has 0 bridgehead atoms. The third-order valence-electron chi connectivity index (χ3n) is 0.201. The topological polar surface area (TPSA) is 41.5 Å². The molecular formula is C2H2I2N2O. The summed E-state index contributed by atoms with van der Waals surface area (Å²) in [5, 5.41) is 3.43. The molecule has 0 saturated heterocycles. The summed E-state index contributed by atoms with van der Waals surface area (Å²) in [5.41, 5.74) is 2.20. The van der Waals surface area contributed by atoms with Crippen LogP contribution in [0.2, 0.25) is 0 Å². The number of carbonyl (C=O) groups excluding carboxylic acids is 1. The molecular weight excluding hydrogens is 322 g/mol. The lowest BCUT2D eigenvalue weighted by Crippen LogP contribution is -2.05. The minimum atomic E-state index is -0.175. The molecule has 40 valence electrons. The molecule has 1 amide bonds. The summed E-state index contributed by atoms with van der Waals surface area (Å²) in [7, 11) is 0. The Labute approximate surface area is 68.2 Å². The first kappa shape index (κ1) is 7.60. The fraction of sp³-hybridized carbons (Fsp3) is 0. The van der Waals surface area contributed by atoms with Crippen LogP contribution in [0.15, 0.2) is 5.10 Å². The van der Waals surface area contributed by atoms with Gasteiger partial charge >= 0.3 is 3.91 Å². The number of carbonyl (C=O) groups is 1. The van der Waals surface area contributed by atoms with E-state index in [1.807, 2.05) is 22.6 Å². The van der Waals surface area contributed by atoms with Crippen molar-refractivity contribution >= 4 is 53.3 Å². The average Bonchev–Trinajstić information content (AvgIpc) is 1.61. The van der Waals surface area contributed by atoms with E-state index in [-0.39, 0.29) is 3.91 Å². The average molecular weight is 324 g/mol. The van der Waals surface area contributed by atoms with Gasteiger partial charge in [0.1, 0.15) is 0 Å². The van der Waals surface area contributed by atoms with Crippen LogP contribution in [0, 0.1) is 0 Å². The number of hydrazone groups is 1. The van der Waals surface area contributed by atoms with E-state index in [1.165, 1.54) is 4.22 Å². The van der Waals surface area contributed by atoms with Crippen LogP contribution in [0.25, 0.3) is 0 Å². The summed E-state index contributed by atoms with van der Waals surface area (Å²) in [6, 6.07) is 0. The number of nitrogens with zero attached hydrogens (tertiary/aromatic N) is 1. The maximum absolute atomic E-state index is 9.96. The Balaban J connectivity index is 3.14. The number of amides is 1. The van der Waals surface area contributed by atoms with Gasteiger partial charge in [0.25, 0.3) is 0 Å².